The van der Waals surface area contributed by atoms with Gasteiger partial charge in [-0.2, -0.15) is 4.31 Å². The van der Waals surface area contributed by atoms with E-state index in [0.29, 0.717) is 57.7 Å². The second-order valence-electron chi connectivity index (χ2n) is 10.6. The Hall–Kier alpha value is -2.00. The minimum absolute atomic E-state index is 0.0135. The molecule has 3 rings (SSSR count). The Morgan fingerprint density at radius 1 is 1.00 bits per heavy atom. The lowest BCUT2D eigenvalue weighted by molar-refractivity contribution is -0.137. The fourth-order valence-corrected chi connectivity index (χ4v) is 7.16. The number of hydrogen-bond acceptors (Lipinski definition) is 4. The van der Waals surface area contributed by atoms with Gasteiger partial charge >= 0.3 is 0 Å². The van der Waals surface area contributed by atoms with Crippen LogP contribution in [0.4, 0.5) is 4.39 Å². The third-order valence-corrected chi connectivity index (χ3v) is 9.75. The first-order chi connectivity index (χ1) is 17.7. The molecule has 0 spiro atoms. The summed E-state index contributed by atoms with van der Waals surface area (Å²) in [5, 5.41) is 0. The van der Waals surface area contributed by atoms with E-state index in [1.54, 1.807) is 17.0 Å². The molecule has 2 aliphatic rings. The van der Waals surface area contributed by atoms with Crippen molar-refractivity contribution in [2.24, 2.45) is 5.92 Å². The summed E-state index contributed by atoms with van der Waals surface area (Å²) >= 11 is 0. The molecule has 1 saturated carbocycles. The Kier molecular flexibility index (Phi) is 11.4. The predicted octanol–water partition coefficient (Wildman–Crippen LogP) is 4.57. The molecule has 1 aromatic carbocycles. The van der Waals surface area contributed by atoms with Crippen LogP contribution in [-0.2, 0) is 26.2 Å². The highest BCUT2D eigenvalue weighted by Crippen LogP contribution is 2.29. The molecule has 0 N–H and O–H groups in total. The fourth-order valence-electron chi connectivity index (χ4n) is 5.61. The molecule has 1 aliphatic heterocycles. The normalized spacial score (nSPS) is 17.5. The zero-order valence-corrected chi connectivity index (χ0v) is 23.4. The average molecular weight is 538 g/mol. The molecular weight excluding hydrogens is 493 g/mol. The molecule has 0 unspecified atom stereocenters. The van der Waals surface area contributed by atoms with Crippen molar-refractivity contribution in [3.05, 3.63) is 35.6 Å². The molecule has 1 heterocycles. The van der Waals surface area contributed by atoms with Crippen molar-refractivity contribution in [1.82, 2.24) is 14.1 Å². The van der Waals surface area contributed by atoms with Crippen LogP contribution in [0.2, 0.25) is 0 Å². The number of carbonyl (C=O) groups excluding carboxylic acids is 2. The molecule has 1 aliphatic carbocycles. The smallest absolute Gasteiger partial charge is 0.238 e. The quantitative estimate of drug-likeness (QED) is 0.369. The topological polar surface area (TPSA) is 78.0 Å². The van der Waals surface area contributed by atoms with E-state index in [0.717, 1.165) is 12.0 Å². The van der Waals surface area contributed by atoms with E-state index in [4.69, 9.17) is 0 Å². The van der Waals surface area contributed by atoms with E-state index in [9.17, 15) is 22.4 Å². The number of amides is 2. The number of nitrogens with zero attached hydrogens (tertiary/aromatic N) is 3. The van der Waals surface area contributed by atoms with Crippen LogP contribution in [0, 0.1) is 11.7 Å². The van der Waals surface area contributed by atoms with Gasteiger partial charge < -0.3 is 9.80 Å². The summed E-state index contributed by atoms with van der Waals surface area (Å²) in [4.78, 5) is 30.1. The monoisotopic (exact) mass is 537 g/mol. The first-order valence-corrected chi connectivity index (χ1v) is 15.6. The predicted molar refractivity (Wildman–Crippen MR) is 144 cm³/mol. The molecule has 7 nitrogen and oxygen atoms in total. The van der Waals surface area contributed by atoms with E-state index >= 15 is 0 Å². The Balaban J connectivity index is 1.67. The Labute approximate surface area is 222 Å². The highest BCUT2D eigenvalue weighted by atomic mass is 32.2. The maximum atomic E-state index is 13.6. The second-order valence-corrected chi connectivity index (χ2v) is 12.7. The van der Waals surface area contributed by atoms with Gasteiger partial charge in [-0.3, -0.25) is 9.59 Å². The third-order valence-electron chi connectivity index (χ3n) is 7.73. The van der Waals surface area contributed by atoms with Gasteiger partial charge in [-0.25, -0.2) is 12.8 Å². The zero-order valence-electron chi connectivity index (χ0n) is 22.5. The standard InChI is InChI=1S/C28H44FN3O4S/c1-3-17-31(37(35,36)20-4-2)22-28(34)32(21-24-9-12-25(29)13-10-24)26-15-18-30(19-16-26)27(33)14-11-23-7-5-6-8-23/h9-10,12-13,23,26H,3-8,11,14-22H2,1-2H3. The van der Waals surface area contributed by atoms with E-state index in [2.05, 4.69) is 0 Å². The molecule has 208 valence electrons. The largest absolute Gasteiger partial charge is 0.343 e. The van der Waals surface area contributed by atoms with Gasteiger partial charge in [0.05, 0.1) is 12.3 Å². The van der Waals surface area contributed by atoms with Crippen LogP contribution >= 0.6 is 0 Å². The highest BCUT2D eigenvalue weighted by Gasteiger charge is 2.32. The van der Waals surface area contributed by atoms with E-state index in [-0.39, 0.29) is 42.5 Å². The molecule has 2 fully saturated rings. The molecule has 0 atom stereocenters. The summed E-state index contributed by atoms with van der Waals surface area (Å²) in [5.41, 5.74) is 0.795. The molecule has 0 aromatic heterocycles. The van der Waals surface area contributed by atoms with E-state index in [1.165, 1.54) is 42.1 Å². The summed E-state index contributed by atoms with van der Waals surface area (Å²) < 4.78 is 40.4. The number of hydrogen-bond donors (Lipinski definition) is 0. The molecule has 1 saturated heterocycles. The summed E-state index contributed by atoms with van der Waals surface area (Å²) in [7, 11) is -3.52. The molecule has 0 bridgehead atoms. The van der Waals surface area contributed by atoms with Crippen molar-refractivity contribution in [2.75, 3.05) is 31.9 Å². The summed E-state index contributed by atoms with van der Waals surface area (Å²) in [5.74, 6) is 0.302. The van der Waals surface area contributed by atoms with Crippen LogP contribution in [0.1, 0.15) is 83.6 Å². The van der Waals surface area contributed by atoms with Gasteiger partial charge in [0.2, 0.25) is 21.8 Å². The number of likely N-dealkylation sites (tertiary alicyclic amines) is 1. The first kappa shape index (κ1) is 29.6. The van der Waals surface area contributed by atoms with Crippen molar-refractivity contribution < 1.29 is 22.4 Å². The maximum absolute atomic E-state index is 13.6. The van der Waals surface area contributed by atoms with Crippen molar-refractivity contribution in [2.45, 2.75) is 90.6 Å². The van der Waals surface area contributed by atoms with Crippen LogP contribution < -0.4 is 0 Å². The molecule has 0 radical (unpaired) electrons. The van der Waals surface area contributed by atoms with Gasteiger partial charge in [-0.15, -0.1) is 0 Å². The third kappa shape index (κ3) is 8.77. The Morgan fingerprint density at radius 2 is 1.65 bits per heavy atom. The molecule has 1 aromatic rings. The Morgan fingerprint density at radius 3 is 2.24 bits per heavy atom. The van der Waals surface area contributed by atoms with Gasteiger partial charge in [0.1, 0.15) is 5.82 Å². The van der Waals surface area contributed by atoms with Crippen molar-refractivity contribution in [1.29, 1.82) is 0 Å². The second kappa shape index (κ2) is 14.2. The summed E-state index contributed by atoms with van der Waals surface area (Å²) in [6.07, 6.45) is 8.99. The van der Waals surface area contributed by atoms with Gasteiger partial charge in [0.15, 0.2) is 0 Å². The van der Waals surface area contributed by atoms with Gasteiger partial charge in [0, 0.05) is 38.6 Å². The lowest BCUT2D eigenvalue weighted by Crippen LogP contribution is -2.51. The van der Waals surface area contributed by atoms with Gasteiger partial charge in [-0.05, 0) is 55.7 Å². The summed E-state index contributed by atoms with van der Waals surface area (Å²) in [6, 6.07) is 5.97. The van der Waals surface area contributed by atoms with Gasteiger partial charge in [0.25, 0.3) is 0 Å². The lowest BCUT2D eigenvalue weighted by Gasteiger charge is -2.39. The average Bonchev–Trinajstić information content (AvgIpc) is 3.40. The molecular formula is C28H44FN3O4S. The van der Waals surface area contributed by atoms with Crippen LogP contribution in [0.5, 0.6) is 0 Å². The Bertz CT molecular complexity index is 972. The summed E-state index contributed by atoms with van der Waals surface area (Å²) in [6.45, 7) is 5.28. The van der Waals surface area contributed by atoms with Crippen LogP contribution in [0.25, 0.3) is 0 Å². The van der Waals surface area contributed by atoms with Crippen LogP contribution in [0.15, 0.2) is 24.3 Å². The molecule has 37 heavy (non-hydrogen) atoms. The van der Waals surface area contributed by atoms with Crippen LogP contribution in [-0.4, -0.2) is 72.3 Å². The number of rotatable bonds is 13. The zero-order chi connectivity index (χ0) is 26.8. The van der Waals surface area contributed by atoms with Crippen molar-refractivity contribution in [3.63, 3.8) is 0 Å². The number of halogens is 1. The van der Waals surface area contributed by atoms with E-state index < -0.39 is 10.0 Å². The number of sulfonamides is 1. The maximum Gasteiger partial charge on any atom is 0.238 e. The lowest BCUT2D eigenvalue weighted by atomic mass is 9.99. The first-order valence-electron chi connectivity index (χ1n) is 14.0. The van der Waals surface area contributed by atoms with Crippen molar-refractivity contribution >= 4 is 21.8 Å². The minimum atomic E-state index is -3.52. The van der Waals surface area contributed by atoms with Crippen LogP contribution in [0.3, 0.4) is 0 Å². The number of benzene rings is 1. The molecule has 2 amide bonds. The SMILES string of the molecule is CCCN(CC(=O)N(Cc1ccc(F)cc1)C1CCN(C(=O)CCC2CCCC2)CC1)S(=O)(=O)CCC. The molecule has 9 heteroatoms. The van der Waals surface area contributed by atoms with E-state index in [1.807, 2.05) is 18.7 Å². The fraction of sp³-hybridized carbons (Fsp3) is 0.714. The van der Waals surface area contributed by atoms with Gasteiger partial charge in [-0.1, -0.05) is 51.7 Å². The highest BCUT2D eigenvalue weighted by molar-refractivity contribution is 7.89. The van der Waals surface area contributed by atoms with Crippen molar-refractivity contribution in [3.8, 4) is 0 Å². The number of piperidine rings is 1. The number of carbonyl (C=O) groups is 2. The minimum Gasteiger partial charge on any atom is -0.343 e.